The van der Waals surface area contributed by atoms with Crippen molar-refractivity contribution in [3.05, 3.63) is 59.9 Å². The zero-order valence-corrected chi connectivity index (χ0v) is 16.3. The minimum absolute atomic E-state index is 0.0280. The lowest BCUT2D eigenvalue weighted by molar-refractivity contribution is 0.0832. The summed E-state index contributed by atoms with van der Waals surface area (Å²) in [7, 11) is 0. The van der Waals surface area contributed by atoms with E-state index in [1.807, 2.05) is 46.1 Å². The fourth-order valence-electron chi connectivity index (χ4n) is 3.98. The number of fused-ring (bicyclic) bond motifs is 2. The second-order valence-corrected chi connectivity index (χ2v) is 8.49. The summed E-state index contributed by atoms with van der Waals surface area (Å²) < 4.78 is 7.58. The molecule has 27 heavy (non-hydrogen) atoms. The molecule has 1 fully saturated rings. The molecule has 1 aromatic carbocycles. The highest BCUT2D eigenvalue weighted by molar-refractivity contribution is 5.74. The predicted molar refractivity (Wildman–Crippen MR) is 105 cm³/mol. The highest BCUT2D eigenvalue weighted by atomic mass is 16.6. The van der Waals surface area contributed by atoms with E-state index in [0.29, 0.717) is 6.61 Å². The Balaban J connectivity index is 1.46. The molecule has 2 aliphatic rings. The molecule has 0 N–H and O–H groups in total. The van der Waals surface area contributed by atoms with Gasteiger partial charge in [-0.25, -0.2) is 4.79 Å². The van der Waals surface area contributed by atoms with Crippen molar-refractivity contribution in [3.63, 3.8) is 0 Å². The van der Waals surface area contributed by atoms with Gasteiger partial charge in [0.25, 0.3) is 0 Å². The van der Waals surface area contributed by atoms with E-state index in [9.17, 15) is 4.79 Å². The molecule has 1 amide bonds. The molecule has 4 rings (SSSR count). The van der Waals surface area contributed by atoms with Crippen LogP contribution in [-0.4, -0.2) is 32.9 Å². The van der Waals surface area contributed by atoms with E-state index in [1.165, 1.54) is 11.1 Å². The maximum absolute atomic E-state index is 12.7. The van der Waals surface area contributed by atoms with Gasteiger partial charge in [0.1, 0.15) is 6.61 Å². The third-order valence-electron chi connectivity index (χ3n) is 5.45. The first-order valence-electron chi connectivity index (χ1n) is 9.67. The Morgan fingerprint density at radius 1 is 1.22 bits per heavy atom. The van der Waals surface area contributed by atoms with Crippen molar-refractivity contribution in [2.45, 2.75) is 64.3 Å². The summed E-state index contributed by atoms with van der Waals surface area (Å²) in [6.45, 7) is 6.76. The quantitative estimate of drug-likeness (QED) is 0.799. The number of ether oxygens (including phenoxy) is 1. The lowest BCUT2D eigenvalue weighted by atomic mass is 9.97. The number of benzene rings is 1. The van der Waals surface area contributed by atoms with Crippen molar-refractivity contribution in [1.82, 2.24) is 14.7 Å². The molecule has 0 spiro atoms. The largest absolute Gasteiger partial charge is 0.445 e. The van der Waals surface area contributed by atoms with Crippen LogP contribution in [0, 0.1) is 0 Å². The van der Waals surface area contributed by atoms with Crippen LogP contribution in [0.25, 0.3) is 5.57 Å². The molecule has 2 atom stereocenters. The summed E-state index contributed by atoms with van der Waals surface area (Å²) in [5.41, 5.74) is 3.45. The van der Waals surface area contributed by atoms with Crippen LogP contribution in [0.15, 0.2) is 48.8 Å². The molecule has 5 heteroatoms. The number of hydrogen-bond donors (Lipinski definition) is 0. The van der Waals surface area contributed by atoms with Crippen LogP contribution in [0.4, 0.5) is 4.79 Å². The highest BCUT2D eigenvalue weighted by Crippen LogP contribution is 2.39. The third-order valence-corrected chi connectivity index (χ3v) is 5.45. The molecule has 1 aromatic heterocycles. The van der Waals surface area contributed by atoms with Gasteiger partial charge in [-0.1, -0.05) is 36.4 Å². The minimum Gasteiger partial charge on any atom is -0.445 e. The molecule has 0 radical (unpaired) electrons. The van der Waals surface area contributed by atoms with Gasteiger partial charge in [-0.2, -0.15) is 5.10 Å². The third kappa shape index (κ3) is 3.64. The fraction of sp³-hybridized carbons (Fsp3) is 0.455. The van der Waals surface area contributed by atoms with E-state index in [4.69, 9.17) is 4.74 Å². The first kappa shape index (κ1) is 17.8. The number of carbonyl (C=O) groups excluding carboxylic acids is 1. The Morgan fingerprint density at radius 2 is 2.00 bits per heavy atom. The van der Waals surface area contributed by atoms with Crippen molar-refractivity contribution in [2.75, 3.05) is 0 Å². The summed E-state index contributed by atoms with van der Waals surface area (Å²) in [6, 6.07) is 10.2. The lowest BCUT2D eigenvalue weighted by Gasteiger charge is -2.33. The summed E-state index contributed by atoms with van der Waals surface area (Å²) in [5.74, 6) is 0. The normalized spacial score (nSPS) is 21.9. The summed E-state index contributed by atoms with van der Waals surface area (Å²) in [6.07, 6.45) is 8.99. The fourth-order valence-corrected chi connectivity index (χ4v) is 3.98. The molecular formula is C22H27N3O2. The standard InChI is InChI=1S/C22H27N3O2/c1-22(2,3)24-14-18(13-23-24)17-11-19-9-10-20(12-17)25(19)21(26)27-15-16-7-5-4-6-8-16/h4-8,11,13-14,19-20H,9-10,12,15H2,1-3H3. The smallest absolute Gasteiger partial charge is 0.410 e. The molecule has 2 bridgehead atoms. The molecular weight excluding hydrogens is 338 g/mol. The number of rotatable bonds is 3. The van der Waals surface area contributed by atoms with Gasteiger partial charge in [0.15, 0.2) is 0 Å². The van der Waals surface area contributed by atoms with E-state index >= 15 is 0 Å². The monoisotopic (exact) mass is 365 g/mol. The molecule has 0 aliphatic carbocycles. The van der Waals surface area contributed by atoms with Crippen LogP contribution in [0.3, 0.4) is 0 Å². The summed E-state index contributed by atoms with van der Waals surface area (Å²) in [4.78, 5) is 14.6. The van der Waals surface area contributed by atoms with Gasteiger partial charge in [0.2, 0.25) is 0 Å². The number of hydrogen-bond acceptors (Lipinski definition) is 3. The first-order valence-corrected chi connectivity index (χ1v) is 9.67. The van der Waals surface area contributed by atoms with Crippen LogP contribution in [0.1, 0.15) is 51.2 Å². The minimum atomic E-state index is -0.202. The predicted octanol–water partition coefficient (Wildman–Crippen LogP) is 4.60. The van der Waals surface area contributed by atoms with E-state index in [2.05, 4.69) is 38.1 Å². The Labute approximate surface area is 160 Å². The lowest BCUT2D eigenvalue weighted by Crippen LogP contribution is -2.43. The van der Waals surface area contributed by atoms with Gasteiger partial charge in [-0.15, -0.1) is 0 Å². The second-order valence-electron chi connectivity index (χ2n) is 8.49. The molecule has 0 saturated carbocycles. The molecule has 3 heterocycles. The number of carbonyl (C=O) groups is 1. The van der Waals surface area contributed by atoms with E-state index < -0.39 is 0 Å². The van der Waals surface area contributed by atoms with Crippen LogP contribution < -0.4 is 0 Å². The number of amides is 1. The van der Waals surface area contributed by atoms with Crippen LogP contribution >= 0.6 is 0 Å². The Morgan fingerprint density at radius 3 is 2.67 bits per heavy atom. The van der Waals surface area contributed by atoms with Gasteiger partial charge >= 0.3 is 6.09 Å². The van der Waals surface area contributed by atoms with Gasteiger partial charge in [-0.3, -0.25) is 9.58 Å². The topological polar surface area (TPSA) is 47.4 Å². The first-order chi connectivity index (χ1) is 12.9. The maximum Gasteiger partial charge on any atom is 0.410 e. The van der Waals surface area contributed by atoms with E-state index in [1.54, 1.807) is 0 Å². The molecule has 1 saturated heterocycles. The summed E-state index contributed by atoms with van der Waals surface area (Å²) in [5, 5.41) is 4.52. The van der Waals surface area contributed by atoms with Crippen molar-refractivity contribution >= 4 is 11.7 Å². The molecule has 142 valence electrons. The Kier molecular flexibility index (Phi) is 4.54. The van der Waals surface area contributed by atoms with Crippen LogP contribution in [-0.2, 0) is 16.9 Å². The van der Waals surface area contributed by atoms with E-state index in [-0.39, 0.29) is 23.7 Å². The van der Waals surface area contributed by atoms with Crippen molar-refractivity contribution in [2.24, 2.45) is 0 Å². The zero-order chi connectivity index (χ0) is 19.0. The Hall–Kier alpha value is -2.56. The van der Waals surface area contributed by atoms with Gasteiger partial charge in [0, 0.05) is 17.8 Å². The molecule has 5 nitrogen and oxygen atoms in total. The van der Waals surface area contributed by atoms with Crippen molar-refractivity contribution < 1.29 is 9.53 Å². The van der Waals surface area contributed by atoms with Crippen molar-refractivity contribution in [1.29, 1.82) is 0 Å². The average Bonchev–Trinajstić information content (AvgIpc) is 3.24. The zero-order valence-electron chi connectivity index (χ0n) is 16.3. The number of nitrogens with zero attached hydrogens (tertiary/aromatic N) is 3. The number of aromatic nitrogens is 2. The molecule has 2 aliphatic heterocycles. The summed E-state index contributed by atoms with van der Waals surface area (Å²) >= 11 is 0. The highest BCUT2D eigenvalue weighted by Gasteiger charge is 2.40. The van der Waals surface area contributed by atoms with Gasteiger partial charge < -0.3 is 4.74 Å². The van der Waals surface area contributed by atoms with Gasteiger partial charge in [-0.05, 0) is 51.2 Å². The SMILES string of the molecule is CC(C)(C)n1cc(C2=CC3CCC(C2)N3C(=O)OCc2ccccc2)cn1. The van der Waals surface area contributed by atoms with Gasteiger partial charge in [0.05, 0.1) is 17.8 Å². The Bertz CT molecular complexity index is 848. The van der Waals surface area contributed by atoms with Crippen LogP contribution in [0.5, 0.6) is 0 Å². The average molecular weight is 365 g/mol. The maximum atomic E-state index is 12.7. The van der Waals surface area contributed by atoms with Crippen LogP contribution in [0.2, 0.25) is 0 Å². The van der Waals surface area contributed by atoms with E-state index in [0.717, 1.165) is 24.8 Å². The molecule has 2 aromatic rings. The van der Waals surface area contributed by atoms with Crippen molar-refractivity contribution in [3.8, 4) is 0 Å². The molecule has 2 unspecified atom stereocenters. The second kappa shape index (κ2) is 6.87.